The van der Waals surface area contributed by atoms with E-state index in [2.05, 4.69) is 0 Å². The first-order valence-electron chi connectivity index (χ1n) is 4.68. The zero-order valence-corrected chi connectivity index (χ0v) is 8.21. The Labute approximate surface area is 89.6 Å². The first kappa shape index (κ1) is 10.9. The fraction of sp³-hybridized carbons (Fsp3) is 0.300. The van der Waals surface area contributed by atoms with Crippen LogP contribution < -0.4 is 5.73 Å². The van der Waals surface area contributed by atoms with E-state index in [-0.39, 0.29) is 19.1 Å². The number of nitrogens with zero attached hydrogens (tertiary/aromatic N) is 1. The van der Waals surface area contributed by atoms with Crippen LogP contribution in [0.1, 0.15) is 10.4 Å². The second-order valence-corrected chi connectivity index (χ2v) is 3.71. The largest absolute Gasteiger partial charge is 0.335 e. The van der Waals surface area contributed by atoms with Crippen molar-refractivity contribution in [1.29, 1.82) is 0 Å². The molecule has 86 valence electrons. The van der Waals surface area contributed by atoms with Crippen LogP contribution >= 0.6 is 0 Å². The molecule has 1 aromatic carbocycles. The minimum Gasteiger partial charge on any atom is -0.335 e. The third-order valence-electron chi connectivity index (χ3n) is 2.42. The molecule has 0 radical (unpaired) electrons. The van der Waals surface area contributed by atoms with Gasteiger partial charge in [0.2, 0.25) is 0 Å². The van der Waals surface area contributed by atoms with Crippen molar-refractivity contribution in [3.05, 3.63) is 35.1 Å². The van der Waals surface area contributed by atoms with Crippen LogP contribution in [0.4, 0.5) is 13.2 Å². The highest BCUT2D eigenvalue weighted by Gasteiger charge is 2.31. The Morgan fingerprint density at radius 1 is 1.25 bits per heavy atom. The molecule has 0 atom stereocenters. The molecule has 0 spiro atoms. The van der Waals surface area contributed by atoms with Crippen LogP contribution in [0.5, 0.6) is 0 Å². The molecule has 0 bridgehead atoms. The lowest BCUT2D eigenvalue weighted by molar-refractivity contribution is 0.0597. The topological polar surface area (TPSA) is 46.3 Å². The Kier molecular flexibility index (Phi) is 2.59. The summed E-state index contributed by atoms with van der Waals surface area (Å²) in [7, 11) is 0. The Hall–Kier alpha value is -1.56. The van der Waals surface area contributed by atoms with Crippen LogP contribution in [0.25, 0.3) is 0 Å². The number of carbonyl (C=O) groups excluding carboxylic acids is 1. The normalized spacial score (nSPS) is 16.1. The molecular formula is C10H9F3N2O. The van der Waals surface area contributed by atoms with E-state index in [1.165, 1.54) is 4.90 Å². The molecule has 2 rings (SSSR count). The molecule has 6 heteroatoms. The molecule has 1 aromatic rings. The Morgan fingerprint density at radius 3 is 2.19 bits per heavy atom. The van der Waals surface area contributed by atoms with E-state index in [0.29, 0.717) is 12.1 Å². The van der Waals surface area contributed by atoms with Crippen LogP contribution in [0.15, 0.2) is 12.1 Å². The highest BCUT2D eigenvalue weighted by Crippen LogP contribution is 2.19. The summed E-state index contributed by atoms with van der Waals surface area (Å²) < 4.78 is 39.0. The average Bonchev–Trinajstić information content (AvgIpc) is 2.10. The zero-order chi connectivity index (χ0) is 11.9. The number of likely N-dealkylation sites (tertiary alicyclic amines) is 1. The van der Waals surface area contributed by atoms with E-state index in [0.717, 1.165) is 0 Å². The maximum Gasteiger partial charge on any atom is 0.259 e. The van der Waals surface area contributed by atoms with Crippen molar-refractivity contribution in [3.8, 4) is 0 Å². The van der Waals surface area contributed by atoms with Gasteiger partial charge >= 0.3 is 0 Å². The van der Waals surface area contributed by atoms with Gasteiger partial charge in [0.05, 0.1) is 0 Å². The standard InChI is InChI=1S/C10H9F3N2O/c11-5-1-7(12)9(8(13)2-5)10(16)15-3-6(14)4-15/h1-2,6H,3-4,14H2. The summed E-state index contributed by atoms with van der Waals surface area (Å²) in [5, 5.41) is 0. The van der Waals surface area contributed by atoms with E-state index in [1.807, 2.05) is 0 Å². The second-order valence-electron chi connectivity index (χ2n) is 3.71. The number of halogens is 3. The van der Waals surface area contributed by atoms with Crippen molar-refractivity contribution < 1.29 is 18.0 Å². The van der Waals surface area contributed by atoms with Crippen LogP contribution in [-0.2, 0) is 0 Å². The van der Waals surface area contributed by atoms with Gasteiger partial charge in [-0.3, -0.25) is 4.79 Å². The highest BCUT2D eigenvalue weighted by molar-refractivity contribution is 5.95. The van der Waals surface area contributed by atoms with Gasteiger partial charge in [-0.1, -0.05) is 0 Å². The molecule has 0 saturated carbocycles. The predicted molar refractivity (Wildman–Crippen MR) is 50.2 cm³/mol. The third-order valence-corrected chi connectivity index (χ3v) is 2.42. The van der Waals surface area contributed by atoms with Gasteiger partial charge in [-0.25, -0.2) is 13.2 Å². The molecule has 0 unspecified atom stereocenters. The molecule has 0 aromatic heterocycles. The molecule has 3 nitrogen and oxygen atoms in total. The lowest BCUT2D eigenvalue weighted by atomic mass is 10.1. The number of nitrogens with two attached hydrogens (primary N) is 1. The third kappa shape index (κ3) is 1.76. The highest BCUT2D eigenvalue weighted by atomic mass is 19.1. The van der Waals surface area contributed by atoms with Gasteiger partial charge < -0.3 is 10.6 Å². The number of carbonyl (C=O) groups is 1. The first-order valence-corrected chi connectivity index (χ1v) is 4.68. The van der Waals surface area contributed by atoms with E-state index in [1.54, 1.807) is 0 Å². The number of hydrogen-bond acceptors (Lipinski definition) is 2. The van der Waals surface area contributed by atoms with E-state index < -0.39 is 28.9 Å². The van der Waals surface area contributed by atoms with Crippen LogP contribution in [-0.4, -0.2) is 29.9 Å². The summed E-state index contributed by atoms with van der Waals surface area (Å²) in [6.45, 7) is 0.518. The monoisotopic (exact) mass is 230 g/mol. The molecule has 0 aliphatic carbocycles. The molecule has 16 heavy (non-hydrogen) atoms. The molecule has 1 aliphatic rings. The lowest BCUT2D eigenvalue weighted by Gasteiger charge is -2.36. The van der Waals surface area contributed by atoms with Gasteiger partial charge in [-0.05, 0) is 0 Å². The maximum atomic E-state index is 13.2. The summed E-state index contributed by atoms with van der Waals surface area (Å²) in [5.41, 5.74) is 4.72. The van der Waals surface area contributed by atoms with Gasteiger partial charge in [0.15, 0.2) is 0 Å². The van der Waals surface area contributed by atoms with Crippen molar-refractivity contribution in [2.45, 2.75) is 6.04 Å². The molecule has 1 fully saturated rings. The Bertz CT molecular complexity index is 421. The van der Waals surface area contributed by atoms with Crippen LogP contribution in [0.3, 0.4) is 0 Å². The summed E-state index contributed by atoms with van der Waals surface area (Å²) in [6.07, 6.45) is 0. The van der Waals surface area contributed by atoms with E-state index in [9.17, 15) is 18.0 Å². The average molecular weight is 230 g/mol. The molecule has 2 N–H and O–H groups in total. The van der Waals surface area contributed by atoms with Gasteiger partial charge in [0, 0.05) is 31.3 Å². The lowest BCUT2D eigenvalue weighted by Crippen LogP contribution is -2.58. The number of rotatable bonds is 1. The fourth-order valence-electron chi connectivity index (χ4n) is 1.58. The first-order chi connectivity index (χ1) is 7.49. The van der Waals surface area contributed by atoms with Gasteiger partial charge in [0.25, 0.3) is 5.91 Å². The summed E-state index contributed by atoms with van der Waals surface area (Å²) in [4.78, 5) is 12.8. The number of amides is 1. The smallest absolute Gasteiger partial charge is 0.259 e. The van der Waals surface area contributed by atoms with Crippen molar-refractivity contribution in [1.82, 2.24) is 4.90 Å². The van der Waals surface area contributed by atoms with E-state index in [4.69, 9.17) is 5.73 Å². The number of benzene rings is 1. The van der Waals surface area contributed by atoms with Crippen molar-refractivity contribution >= 4 is 5.91 Å². The molecule has 1 heterocycles. The van der Waals surface area contributed by atoms with Crippen molar-refractivity contribution in [3.63, 3.8) is 0 Å². The molecule has 1 saturated heterocycles. The van der Waals surface area contributed by atoms with Gasteiger partial charge in [0.1, 0.15) is 23.0 Å². The summed E-state index contributed by atoms with van der Waals surface area (Å²) in [5.74, 6) is -4.23. The van der Waals surface area contributed by atoms with Gasteiger partial charge in [-0.2, -0.15) is 0 Å². The van der Waals surface area contributed by atoms with Crippen LogP contribution in [0.2, 0.25) is 0 Å². The Morgan fingerprint density at radius 2 is 1.75 bits per heavy atom. The van der Waals surface area contributed by atoms with E-state index >= 15 is 0 Å². The molecular weight excluding hydrogens is 221 g/mol. The predicted octanol–water partition coefficient (Wildman–Crippen LogP) is 0.887. The number of hydrogen-bond donors (Lipinski definition) is 1. The Balaban J connectivity index is 2.30. The fourth-order valence-corrected chi connectivity index (χ4v) is 1.58. The minimum atomic E-state index is -1.19. The van der Waals surface area contributed by atoms with Crippen molar-refractivity contribution in [2.75, 3.05) is 13.1 Å². The van der Waals surface area contributed by atoms with Gasteiger partial charge in [-0.15, -0.1) is 0 Å². The molecule has 1 amide bonds. The molecule has 1 aliphatic heterocycles. The zero-order valence-electron chi connectivity index (χ0n) is 8.21. The van der Waals surface area contributed by atoms with Crippen LogP contribution in [0, 0.1) is 17.5 Å². The quantitative estimate of drug-likeness (QED) is 0.778. The summed E-state index contributed by atoms with van der Waals surface area (Å²) >= 11 is 0. The maximum absolute atomic E-state index is 13.2. The SMILES string of the molecule is NC1CN(C(=O)c2c(F)cc(F)cc2F)C1. The second kappa shape index (κ2) is 3.79. The van der Waals surface area contributed by atoms with Crippen molar-refractivity contribution in [2.24, 2.45) is 5.73 Å². The minimum absolute atomic E-state index is 0.157. The summed E-state index contributed by atoms with van der Waals surface area (Å²) in [6, 6.07) is 0.807.